The average Bonchev–Trinajstić information content (AvgIpc) is 2.57. The summed E-state index contributed by atoms with van der Waals surface area (Å²) >= 11 is 0. The molecule has 0 atom stereocenters. The van der Waals surface area contributed by atoms with Gasteiger partial charge in [0.25, 0.3) is 0 Å². The molecule has 2 aromatic rings. The first-order chi connectivity index (χ1) is 10.3. The van der Waals surface area contributed by atoms with Crippen LogP contribution < -0.4 is 5.01 Å². The van der Waals surface area contributed by atoms with Crippen LogP contribution in [0.15, 0.2) is 71.7 Å². The van der Waals surface area contributed by atoms with Gasteiger partial charge in [-0.25, -0.2) is 5.01 Å². The summed E-state index contributed by atoms with van der Waals surface area (Å²) in [6.07, 6.45) is 7.57. The van der Waals surface area contributed by atoms with Gasteiger partial charge in [-0.05, 0) is 24.1 Å². The summed E-state index contributed by atoms with van der Waals surface area (Å²) in [6.45, 7) is 1.94. The Hall–Kier alpha value is -2.93. The van der Waals surface area contributed by atoms with Crippen LogP contribution in [0.2, 0.25) is 0 Å². The minimum Gasteiger partial charge on any atom is -0.262 e. The van der Waals surface area contributed by atoms with E-state index in [0.717, 1.165) is 11.3 Å². The first kappa shape index (κ1) is 14.5. The van der Waals surface area contributed by atoms with Crippen LogP contribution >= 0.6 is 0 Å². The summed E-state index contributed by atoms with van der Waals surface area (Å²) in [5.41, 5.74) is 2.46. The zero-order chi connectivity index (χ0) is 14.9. The van der Waals surface area contributed by atoms with Crippen LogP contribution in [0.1, 0.15) is 18.9 Å². The van der Waals surface area contributed by atoms with Crippen molar-refractivity contribution in [2.75, 3.05) is 5.01 Å². The fourth-order valence-corrected chi connectivity index (χ4v) is 1.68. The SMILES string of the molecule is CCC(C#N)=CN(N=Cc1ccccc1)c1cccnc1. The van der Waals surface area contributed by atoms with Crippen LogP contribution in [0.3, 0.4) is 0 Å². The number of pyridine rings is 1. The van der Waals surface area contributed by atoms with Crippen LogP contribution in [0.4, 0.5) is 5.69 Å². The predicted octanol–water partition coefficient (Wildman–Crippen LogP) is 3.74. The van der Waals surface area contributed by atoms with E-state index in [-0.39, 0.29) is 0 Å². The van der Waals surface area contributed by atoms with Gasteiger partial charge in [-0.3, -0.25) is 4.98 Å². The van der Waals surface area contributed by atoms with E-state index in [1.165, 1.54) is 0 Å². The lowest BCUT2D eigenvalue weighted by Gasteiger charge is -2.14. The molecular formula is C17H16N4. The van der Waals surface area contributed by atoms with Crippen molar-refractivity contribution in [1.82, 2.24) is 4.98 Å². The van der Waals surface area contributed by atoms with Crippen LogP contribution in [0.5, 0.6) is 0 Å². The molecule has 0 radical (unpaired) electrons. The first-order valence-corrected chi connectivity index (χ1v) is 6.72. The first-order valence-electron chi connectivity index (χ1n) is 6.72. The fourth-order valence-electron chi connectivity index (χ4n) is 1.68. The lowest BCUT2D eigenvalue weighted by molar-refractivity contribution is 1.03. The Morgan fingerprint density at radius 2 is 2.10 bits per heavy atom. The number of aromatic nitrogens is 1. The van der Waals surface area contributed by atoms with Crippen LogP contribution in [-0.4, -0.2) is 11.2 Å². The van der Waals surface area contributed by atoms with Crippen molar-refractivity contribution in [3.8, 4) is 6.07 Å². The fraction of sp³-hybridized carbons (Fsp3) is 0.118. The average molecular weight is 276 g/mol. The van der Waals surface area contributed by atoms with Gasteiger partial charge in [-0.1, -0.05) is 37.3 Å². The minimum atomic E-state index is 0.657. The third kappa shape index (κ3) is 4.29. The molecular weight excluding hydrogens is 260 g/mol. The number of nitriles is 1. The van der Waals surface area contributed by atoms with Crippen LogP contribution in [0, 0.1) is 11.3 Å². The van der Waals surface area contributed by atoms with Crippen molar-refractivity contribution in [3.05, 3.63) is 72.2 Å². The molecule has 21 heavy (non-hydrogen) atoms. The van der Waals surface area contributed by atoms with Gasteiger partial charge < -0.3 is 0 Å². The van der Waals surface area contributed by atoms with E-state index in [4.69, 9.17) is 5.26 Å². The highest BCUT2D eigenvalue weighted by atomic mass is 15.4. The van der Waals surface area contributed by atoms with Crippen molar-refractivity contribution < 1.29 is 0 Å². The molecule has 104 valence electrons. The number of hydrazone groups is 1. The Labute approximate surface area is 124 Å². The second-order valence-electron chi connectivity index (χ2n) is 4.33. The summed E-state index contributed by atoms with van der Waals surface area (Å²) in [4.78, 5) is 4.09. The van der Waals surface area contributed by atoms with E-state index in [0.29, 0.717) is 12.0 Å². The third-order valence-electron chi connectivity index (χ3n) is 2.84. The van der Waals surface area contributed by atoms with E-state index in [2.05, 4.69) is 16.2 Å². The van der Waals surface area contributed by atoms with Crippen molar-refractivity contribution in [2.45, 2.75) is 13.3 Å². The maximum Gasteiger partial charge on any atom is 0.0963 e. The zero-order valence-corrected chi connectivity index (χ0v) is 11.8. The smallest absolute Gasteiger partial charge is 0.0963 e. The highest BCUT2D eigenvalue weighted by molar-refractivity contribution is 5.80. The van der Waals surface area contributed by atoms with Gasteiger partial charge in [-0.15, -0.1) is 0 Å². The molecule has 0 aliphatic carbocycles. The van der Waals surface area contributed by atoms with E-state index in [9.17, 15) is 0 Å². The van der Waals surface area contributed by atoms with Gasteiger partial charge in [0.15, 0.2) is 0 Å². The summed E-state index contributed by atoms with van der Waals surface area (Å²) < 4.78 is 0. The third-order valence-corrected chi connectivity index (χ3v) is 2.84. The molecule has 0 aliphatic heterocycles. The van der Waals surface area contributed by atoms with E-state index < -0.39 is 0 Å². The van der Waals surface area contributed by atoms with Gasteiger partial charge in [0.1, 0.15) is 0 Å². The van der Waals surface area contributed by atoms with Crippen molar-refractivity contribution in [2.24, 2.45) is 5.10 Å². The minimum absolute atomic E-state index is 0.657. The molecule has 4 nitrogen and oxygen atoms in total. The molecule has 1 heterocycles. The van der Waals surface area contributed by atoms with Crippen molar-refractivity contribution >= 4 is 11.9 Å². The van der Waals surface area contributed by atoms with E-state index in [1.807, 2.05) is 49.4 Å². The number of rotatable bonds is 5. The van der Waals surface area contributed by atoms with E-state index in [1.54, 1.807) is 29.8 Å². The Morgan fingerprint density at radius 1 is 1.29 bits per heavy atom. The van der Waals surface area contributed by atoms with Gasteiger partial charge in [0.2, 0.25) is 0 Å². The number of anilines is 1. The topological polar surface area (TPSA) is 52.3 Å². The summed E-state index contributed by atoms with van der Waals surface area (Å²) in [7, 11) is 0. The molecule has 1 aromatic carbocycles. The molecule has 1 aromatic heterocycles. The quantitative estimate of drug-likeness (QED) is 0.475. The number of benzene rings is 1. The van der Waals surface area contributed by atoms with Gasteiger partial charge in [0, 0.05) is 18.0 Å². The van der Waals surface area contributed by atoms with Gasteiger partial charge in [-0.2, -0.15) is 10.4 Å². The van der Waals surface area contributed by atoms with Gasteiger partial charge >= 0.3 is 0 Å². The van der Waals surface area contributed by atoms with Gasteiger partial charge in [0.05, 0.1) is 24.2 Å². The molecule has 0 aliphatic rings. The molecule has 0 saturated heterocycles. The molecule has 0 N–H and O–H groups in total. The second kappa shape index (κ2) is 7.61. The molecule has 0 fully saturated rings. The standard InChI is InChI=1S/C17H16N4/c1-2-15(11-18)14-21(17-9-6-10-19-13-17)20-12-16-7-4-3-5-8-16/h3-10,12-14H,2H2,1H3. The number of allylic oxidation sites excluding steroid dienone is 1. The summed E-state index contributed by atoms with van der Waals surface area (Å²) in [5.74, 6) is 0. The Balaban J connectivity index is 2.31. The number of hydrogen-bond acceptors (Lipinski definition) is 4. The summed E-state index contributed by atoms with van der Waals surface area (Å²) in [6, 6.07) is 15.7. The Kier molecular flexibility index (Phi) is 5.25. The maximum absolute atomic E-state index is 9.09. The highest BCUT2D eigenvalue weighted by Crippen LogP contribution is 2.15. The molecule has 0 amide bonds. The molecule has 0 spiro atoms. The maximum atomic E-state index is 9.09. The predicted molar refractivity (Wildman–Crippen MR) is 84.7 cm³/mol. The Bertz CT molecular complexity index is 654. The summed E-state index contributed by atoms with van der Waals surface area (Å²) in [5, 5.41) is 15.2. The normalized spacial score (nSPS) is 11.3. The van der Waals surface area contributed by atoms with E-state index >= 15 is 0 Å². The number of hydrogen-bond donors (Lipinski definition) is 0. The lowest BCUT2D eigenvalue weighted by Crippen LogP contribution is -2.09. The highest BCUT2D eigenvalue weighted by Gasteiger charge is 2.03. The Morgan fingerprint density at radius 3 is 2.71 bits per heavy atom. The number of nitrogens with zero attached hydrogens (tertiary/aromatic N) is 4. The molecule has 0 saturated carbocycles. The zero-order valence-electron chi connectivity index (χ0n) is 11.8. The largest absolute Gasteiger partial charge is 0.262 e. The van der Waals surface area contributed by atoms with Crippen LogP contribution in [-0.2, 0) is 0 Å². The van der Waals surface area contributed by atoms with Crippen LogP contribution in [0.25, 0.3) is 0 Å². The monoisotopic (exact) mass is 276 g/mol. The molecule has 0 bridgehead atoms. The van der Waals surface area contributed by atoms with Crippen molar-refractivity contribution in [3.63, 3.8) is 0 Å². The lowest BCUT2D eigenvalue weighted by atomic mass is 10.2. The molecule has 4 heteroatoms. The molecule has 2 rings (SSSR count). The second-order valence-corrected chi connectivity index (χ2v) is 4.33. The molecule has 0 unspecified atom stereocenters. The van der Waals surface area contributed by atoms with Crippen molar-refractivity contribution in [1.29, 1.82) is 5.26 Å².